The Morgan fingerprint density at radius 2 is 1.75 bits per heavy atom. The van der Waals surface area contributed by atoms with Gasteiger partial charge in [-0.25, -0.2) is 8.78 Å². The standard InChI is InChI=1S/C8H15F2NO/c1-5-3-8(11,7(9)10)4-6(2)12-5/h5-7H,3-4,11H2,1-2H3. The van der Waals surface area contributed by atoms with Gasteiger partial charge in [0.1, 0.15) is 0 Å². The molecule has 2 nitrogen and oxygen atoms in total. The molecule has 72 valence electrons. The van der Waals surface area contributed by atoms with Crippen molar-refractivity contribution < 1.29 is 13.5 Å². The molecule has 12 heavy (non-hydrogen) atoms. The van der Waals surface area contributed by atoms with Crippen LogP contribution in [0, 0.1) is 0 Å². The molecular formula is C8H15F2NO. The normalized spacial score (nSPS) is 43.5. The topological polar surface area (TPSA) is 35.2 Å². The minimum absolute atomic E-state index is 0.159. The van der Waals surface area contributed by atoms with Crippen LogP contribution in [0.15, 0.2) is 0 Å². The van der Waals surface area contributed by atoms with Crippen LogP contribution in [0.3, 0.4) is 0 Å². The molecule has 4 heteroatoms. The predicted octanol–water partition coefficient (Wildman–Crippen LogP) is 1.54. The van der Waals surface area contributed by atoms with Gasteiger partial charge in [0.25, 0.3) is 6.43 Å². The monoisotopic (exact) mass is 179 g/mol. The summed E-state index contributed by atoms with van der Waals surface area (Å²) in [5, 5.41) is 0. The van der Waals surface area contributed by atoms with Crippen molar-refractivity contribution in [2.75, 3.05) is 0 Å². The van der Waals surface area contributed by atoms with Gasteiger partial charge in [-0.1, -0.05) is 0 Å². The summed E-state index contributed by atoms with van der Waals surface area (Å²) in [7, 11) is 0. The molecule has 1 saturated heterocycles. The van der Waals surface area contributed by atoms with E-state index in [2.05, 4.69) is 0 Å². The maximum Gasteiger partial charge on any atom is 0.256 e. The van der Waals surface area contributed by atoms with E-state index in [-0.39, 0.29) is 25.0 Å². The van der Waals surface area contributed by atoms with E-state index in [0.717, 1.165) is 0 Å². The third-order valence-corrected chi connectivity index (χ3v) is 2.23. The number of rotatable bonds is 1. The molecule has 0 amide bonds. The van der Waals surface area contributed by atoms with Crippen LogP contribution in [0.4, 0.5) is 8.78 Å². The van der Waals surface area contributed by atoms with Gasteiger partial charge in [-0.15, -0.1) is 0 Å². The van der Waals surface area contributed by atoms with Crippen molar-refractivity contribution in [2.24, 2.45) is 5.73 Å². The number of ether oxygens (including phenoxy) is 1. The van der Waals surface area contributed by atoms with Crippen LogP contribution in [-0.4, -0.2) is 24.2 Å². The Morgan fingerprint density at radius 1 is 1.33 bits per heavy atom. The van der Waals surface area contributed by atoms with E-state index in [1.54, 1.807) is 13.8 Å². The number of nitrogens with two attached hydrogens (primary N) is 1. The highest BCUT2D eigenvalue weighted by Crippen LogP contribution is 2.31. The zero-order valence-electron chi connectivity index (χ0n) is 7.39. The molecule has 0 spiro atoms. The molecule has 0 aromatic rings. The largest absolute Gasteiger partial charge is 0.375 e. The molecule has 1 fully saturated rings. The van der Waals surface area contributed by atoms with Gasteiger partial charge in [-0.3, -0.25) is 0 Å². The summed E-state index contributed by atoms with van der Waals surface area (Å²) in [4.78, 5) is 0. The Hall–Kier alpha value is -0.220. The Morgan fingerprint density at radius 3 is 2.08 bits per heavy atom. The van der Waals surface area contributed by atoms with Gasteiger partial charge in [0.15, 0.2) is 0 Å². The summed E-state index contributed by atoms with van der Waals surface area (Å²) in [5.74, 6) is 0. The van der Waals surface area contributed by atoms with E-state index in [1.807, 2.05) is 0 Å². The van der Waals surface area contributed by atoms with Crippen molar-refractivity contribution >= 4 is 0 Å². The first kappa shape index (κ1) is 9.86. The molecule has 0 aromatic carbocycles. The van der Waals surface area contributed by atoms with E-state index in [4.69, 9.17) is 10.5 Å². The summed E-state index contributed by atoms with van der Waals surface area (Å²) in [5.41, 5.74) is 4.22. The van der Waals surface area contributed by atoms with Gasteiger partial charge in [0.05, 0.1) is 17.7 Å². The minimum Gasteiger partial charge on any atom is -0.375 e. The van der Waals surface area contributed by atoms with Crippen LogP contribution in [0.2, 0.25) is 0 Å². The van der Waals surface area contributed by atoms with Crippen molar-refractivity contribution in [3.8, 4) is 0 Å². The molecule has 1 rings (SSSR count). The summed E-state index contributed by atoms with van der Waals surface area (Å²) in [6, 6.07) is 0. The van der Waals surface area contributed by atoms with Crippen LogP contribution in [-0.2, 0) is 4.74 Å². The maximum atomic E-state index is 12.5. The number of halogens is 2. The molecular weight excluding hydrogens is 164 g/mol. The Bertz CT molecular complexity index is 153. The third-order valence-electron chi connectivity index (χ3n) is 2.23. The highest BCUT2D eigenvalue weighted by atomic mass is 19.3. The lowest BCUT2D eigenvalue weighted by atomic mass is 9.85. The lowest BCUT2D eigenvalue weighted by Crippen LogP contribution is -2.55. The van der Waals surface area contributed by atoms with Gasteiger partial charge in [0, 0.05) is 0 Å². The van der Waals surface area contributed by atoms with Crippen LogP contribution >= 0.6 is 0 Å². The summed E-state index contributed by atoms with van der Waals surface area (Å²) >= 11 is 0. The van der Waals surface area contributed by atoms with Crippen LogP contribution in [0.25, 0.3) is 0 Å². The van der Waals surface area contributed by atoms with E-state index < -0.39 is 12.0 Å². The van der Waals surface area contributed by atoms with Crippen LogP contribution in [0.5, 0.6) is 0 Å². The molecule has 0 radical (unpaired) electrons. The van der Waals surface area contributed by atoms with E-state index in [0.29, 0.717) is 0 Å². The maximum absolute atomic E-state index is 12.5. The van der Waals surface area contributed by atoms with Crippen molar-refractivity contribution in [2.45, 2.75) is 50.9 Å². The van der Waals surface area contributed by atoms with Crippen molar-refractivity contribution in [1.29, 1.82) is 0 Å². The van der Waals surface area contributed by atoms with E-state index in [9.17, 15) is 8.78 Å². The Kier molecular flexibility index (Phi) is 2.68. The van der Waals surface area contributed by atoms with Gasteiger partial charge in [-0.05, 0) is 26.7 Å². The Balaban J connectivity index is 2.65. The highest BCUT2D eigenvalue weighted by molar-refractivity contribution is 4.93. The Labute approximate surface area is 71.1 Å². The van der Waals surface area contributed by atoms with Gasteiger partial charge >= 0.3 is 0 Å². The summed E-state index contributed by atoms with van der Waals surface area (Å²) in [6.07, 6.45) is -2.28. The first-order chi connectivity index (χ1) is 5.44. The number of hydrogen-bond donors (Lipinski definition) is 1. The molecule has 0 aromatic heterocycles. The molecule has 2 N–H and O–H groups in total. The van der Waals surface area contributed by atoms with Crippen LogP contribution < -0.4 is 5.73 Å². The van der Waals surface area contributed by atoms with Crippen molar-refractivity contribution in [3.05, 3.63) is 0 Å². The molecule has 0 bridgehead atoms. The second-order valence-electron chi connectivity index (χ2n) is 3.70. The number of hydrogen-bond acceptors (Lipinski definition) is 2. The zero-order valence-corrected chi connectivity index (χ0v) is 7.39. The second-order valence-corrected chi connectivity index (χ2v) is 3.70. The predicted molar refractivity (Wildman–Crippen MR) is 42.2 cm³/mol. The molecule has 2 unspecified atom stereocenters. The zero-order chi connectivity index (χ0) is 9.35. The average Bonchev–Trinajstić information content (AvgIpc) is 1.82. The molecule has 1 aliphatic rings. The van der Waals surface area contributed by atoms with Gasteiger partial charge in [-0.2, -0.15) is 0 Å². The first-order valence-corrected chi connectivity index (χ1v) is 4.16. The fourth-order valence-electron chi connectivity index (χ4n) is 1.82. The molecule has 1 aliphatic heterocycles. The lowest BCUT2D eigenvalue weighted by molar-refractivity contribution is -0.0987. The van der Waals surface area contributed by atoms with Crippen molar-refractivity contribution in [1.82, 2.24) is 0 Å². The fraction of sp³-hybridized carbons (Fsp3) is 1.00. The summed E-state index contributed by atoms with van der Waals surface area (Å²) < 4.78 is 30.3. The molecule has 1 heterocycles. The SMILES string of the molecule is CC1CC(N)(C(F)F)CC(C)O1. The quantitative estimate of drug-likeness (QED) is 0.662. The van der Waals surface area contributed by atoms with Gasteiger partial charge < -0.3 is 10.5 Å². The average molecular weight is 179 g/mol. The first-order valence-electron chi connectivity index (χ1n) is 4.16. The van der Waals surface area contributed by atoms with Crippen molar-refractivity contribution in [3.63, 3.8) is 0 Å². The summed E-state index contributed by atoms with van der Waals surface area (Å²) in [6.45, 7) is 3.55. The van der Waals surface area contributed by atoms with E-state index in [1.165, 1.54) is 0 Å². The van der Waals surface area contributed by atoms with Crippen LogP contribution in [0.1, 0.15) is 26.7 Å². The fourth-order valence-corrected chi connectivity index (χ4v) is 1.82. The minimum atomic E-state index is -2.45. The smallest absolute Gasteiger partial charge is 0.256 e. The highest BCUT2D eigenvalue weighted by Gasteiger charge is 2.42. The molecule has 0 aliphatic carbocycles. The third kappa shape index (κ3) is 1.93. The lowest BCUT2D eigenvalue weighted by Gasteiger charge is -2.39. The van der Waals surface area contributed by atoms with Gasteiger partial charge in [0.2, 0.25) is 0 Å². The number of alkyl halides is 2. The molecule has 2 atom stereocenters. The molecule has 0 saturated carbocycles. The second kappa shape index (κ2) is 3.26. The van der Waals surface area contributed by atoms with E-state index >= 15 is 0 Å².